The van der Waals surface area contributed by atoms with Crippen molar-refractivity contribution in [1.82, 2.24) is 29.5 Å². The molecule has 4 aromatic rings. The molecule has 0 spiro atoms. The van der Waals surface area contributed by atoms with Crippen LogP contribution in [-0.4, -0.2) is 87.3 Å². The van der Waals surface area contributed by atoms with Crippen molar-refractivity contribution in [2.24, 2.45) is 0 Å². The Hall–Kier alpha value is -4.95. The molecule has 300 valence electrons. The highest BCUT2D eigenvalue weighted by Gasteiger charge is 2.27. The number of pyridine rings is 2. The number of halogens is 2. The minimum Gasteiger partial charge on any atom is -0.490 e. The molecular weight excluding hydrogens is 719 g/mol. The number of aromatic nitrogens is 3. The van der Waals surface area contributed by atoms with Crippen molar-refractivity contribution in [3.8, 4) is 5.75 Å². The molecule has 0 radical (unpaired) electrons. The minimum atomic E-state index is -2.71. The normalized spacial score (nSPS) is 18.6. The number of imide groups is 1. The summed E-state index contributed by atoms with van der Waals surface area (Å²) in [5, 5.41) is 8.26. The van der Waals surface area contributed by atoms with Crippen molar-refractivity contribution in [2.45, 2.75) is 109 Å². The standard InChI is InChI=1S/C23H26F2N4O2.C19H28N4O2/c1-14(2)31-19-11-21-27-18(15-7-4-3-5-8-15)13-29(21)12-16(19)23(30)28-20-10-6-9-17(26-20)22(24)25;1-22(2)16-8-10-23(11-9-16)13-14-4-3-5-15(12-14)20-17-6-7-18(24)21-19(17)25/h6,9-15,22H,3-5,7-8H2,1-2H3,(H,26,28,30);3-5,12,16-17,20H,6-11,13H2,1-2H3,(H,21,24,25). The Morgan fingerprint density at radius 2 is 1.71 bits per heavy atom. The van der Waals surface area contributed by atoms with Crippen molar-refractivity contribution in [1.29, 1.82) is 0 Å². The zero-order valence-corrected chi connectivity index (χ0v) is 32.8. The number of fused-ring (bicyclic) bond motifs is 1. The van der Waals surface area contributed by atoms with Gasteiger partial charge in [0.05, 0.1) is 17.4 Å². The third-order valence-corrected chi connectivity index (χ3v) is 10.6. The van der Waals surface area contributed by atoms with Crippen molar-refractivity contribution in [2.75, 3.05) is 37.8 Å². The van der Waals surface area contributed by atoms with Crippen molar-refractivity contribution in [3.63, 3.8) is 0 Å². The second-order valence-corrected chi connectivity index (χ2v) is 15.5. The molecule has 7 rings (SSSR count). The highest BCUT2D eigenvalue weighted by atomic mass is 19.3. The average Bonchev–Trinajstić information content (AvgIpc) is 3.60. The van der Waals surface area contributed by atoms with E-state index in [4.69, 9.17) is 9.72 Å². The summed E-state index contributed by atoms with van der Waals surface area (Å²) in [6, 6.07) is 14.5. The summed E-state index contributed by atoms with van der Waals surface area (Å²) >= 11 is 0. The van der Waals surface area contributed by atoms with Gasteiger partial charge in [0.25, 0.3) is 12.3 Å². The van der Waals surface area contributed by atoms with E-state index in [1.165, 1.54) is 55.9 Å². The maximum absolute atomic E-state index is 13.0. The number of rotatable bonds is 11. The second-order valence-electron chi connectivity index (χ2n) is 15.5. The van der Waals surface area contributed by atoms with Gasteiger partial charge in [-0.15, -0.1) is 0 Å². The SMILES string of the molecule is CC(C)Oc1cc2nc(C3CCCCC3)cn2cc1C(=O)Nc1cccc(C(F)F)n1.CN(C)C1CCN(Cc2cccc(NC3CCC(=O)NC3=O)c2)CC1. The van der Waals surface area contributed by atoms with Gasteiger partial charge in [-0.05, 0) is 103 Å². The molecular formula is C42H54F2N8O4. The number of carbonyl (C=O) groups excluding carboxylic acids is 3. The molecule has 3 N–H and O–H groups in total. The fraction of sp³-hybridized carbons (Fsp3) is 0.500. The fourth-order valence-corrected chi connectivity index (χ4v) is 7.62. The lowest BCUT2D eigenvalue weighted by Crippen LogP contribution is -2.47. The molecule has 5 heterocycles. The Morgan fingerprint density at radius 3 is 2.41 bits per heavy atom. The van der Waals surface area contributed by atoms with Crippen LogP contribution in [0.2, 0.25) is 0 Å². The molecule has 3 aromatic heterocycles. The van der Waals surface area contributed by atoms with Gasteiger partial charge < -0.3 is 24.7 Å². The zero-order chi connectivity index (χ0) is 39.8. The Balaban J connectivity index is 0.000000194. The van der Waals surface area contributed by atoms with Crippen LogP contribution in [0.15, 0.2) is 60.9 Å². The number of alkyl halides is 2. The molecule has 3 fully saturated rings. The number of piperidine rings is 2. The van der Waals surface area contributed by atoms with E-state index < -0.39 is 18.0 Å². The van der Waals surface area contributed by atoms with Crippen LogP contribution in [0.25, 0.3) is 5.65 Å². The number of hydrogen-bond acceptors (Lipinski definition) is 9. The van der Waals surface area contributed by atoms with E-state index in [0.29, 0.717) is 36.2 Å². The first-order valence-corrected chi connectivity index (χ1v) is 19.8. The number of imidazole rings is 1. The van der Waals surface area contributed by atoms with Gasteiger partial charge in [0.2, 0.25) is 11.8 Å². The summed E-state index contributed by atoms with van der Waals surface area (Å²) in [4.78, 5) is 49.5. The first-order valence-electron chi connectivity index (χ1n) is 19.8. The Bertz CT molecular complexity index is 1970. The number of nitrogens with zero attached hydrogens (tertiary/aromatic N) is 5. The van der Waals surface area contributed by atoms with Crippen LogP contribution in [0.1, 0.15) is 111 Å². The van der Waals surface area contributed by atoms with E-state index in [2.05, 4.69) is 57.0 Å². The zero-order valence-electron chi connectivity index (χ0n) is 32.8. The molecule has 1 unspecified atom stereocenters. The number of benzene rings is 1. The molecule has 12 nitrogen and oxygen atoms in total. The summed E-state index contributed by atoms with van der Waals surface area (Å²) in [5.74, 6) is -0.00544. The monoisotopic (exact) mass is 772 g/mol. The number of anilines is 2. The summed E-state index contributed by atoms with van der Waals surface area (Å²) in [5.41, 5.74) is 3.83. The third-order valence-electron chi connectivity index (χ3n) is 10.6. The minimum absolute atomic E-state index is 0.0620. The number of carbonyl (C=O) groups is 3. The molecule has 56 heavy (non-hydrogen) atoms. The quantitative estimate of drug-likeness (QED) is 0.136. The van der Waals surface area contributed by atoms with E-state index in [1.807, 2.05) is 36.6 Å². The average molecular weight is 773 g/mol. The van der Waals surface area contributed by atoms with Crippen LogP contribution in [0.5, 0.6) is 5.75 Å². The second kappa shape index (κ2) is 18.8. The lowest BCUT2D eigenvalue weighted by atomic mass is 9.87. The molecule has 14 heteroatoms. The summed E-state index contributed by atoms with van der Waals surface area (Å²) in [6.45, 7) is 6.92. The van der Waals surface area contributed by atoms with E-state index >= 15 is 0 Å². The highest BCUT2D eigenvalue weighted by Crippen LogP contribution is 2.33. The lowest BCUT2D eigenvalue weighted by Gasteiger charge is -2.35. The number of nitrogens with one attached hydrogen (secondary N) is 3. The van der Waals surface area contributed by atoms with Crippen LogP contribution in [0, 0.1) is 0 Å². The predicted octanol–water partition coefficient (Wildman–Crippen LogP) is 7.18. The van der Waals surface area contributed by atoms with Gasteiger partial charge in [0.1, 0.15) is 29.0 Å². The summed E-state index contributed by atoms with van der Waals surface area (Å²) in [6.07, 6.45) is 10.1. The van der Waals surface area contributed by atoms with Gasteiger partial charge in [-0.25, -0.2) is 18.7 Å². The topological polar surface area (TPSA) is 133 Å². The van der Waals surface area contributed by atoms with Crippen LogP contribution in [-0.2, 0) is 16.1 Å². The number of hydrogen-bond donors (Lipinski definition) is 3. The van der Waals surface area contributed by atoms with Crippen LogP contribution in [0.4, 0.5) is 20.3 Å². The molecule has 2 saturated heterocycles. The van der Waals surface area contributed by atoms with Crippen LogP contribution >= 0.6 is 0 Å². The van der Waals surface area contributed by atoms with Gasteiger partial charge in [-0.2, -0.15) is 0 Å². The Kier molecular flexibility index (Phi) is 13.7. The third kappa shape index (κ3) is 10.9. The summed E-state index contributed by atoms with van der Waals surface area (Å²) in [7, 11) is 4.31. The van der Waals surface area contributed by atoms with E-state index in [-0.39, 0.29) is 35.3 Å². The van der Waals surface area contributed by atoms with Crippen molar-refractivity contribution >= 4 is 34.9 Å². The largest absolute Gasteiger partial charge is 0.490 e. The molecule has 1 atom stereocenters. The number of likely N-dealkylation sites (tertiary alicyclic amines) is 1. The Labute approximate surface area is 327 Å². The molecule has 3 amide bonds. The maximum atomic E-state index is 13.0. The smallest absolute Gasteiger partial charge is 0.280 e. The van der Waals surface area contributed by atoms with Gasteiger partial charge in [0.15, 0.2) is 0 Å². The van der Waals surface area contributed by atoms with Crippen molar-refractivity contribution < 1.29 is 27.9 Å². The molecule has 1 aliphatic carbocycles. The molecule has 1 aromatic carbocycles. The van der Waals surface area contributed by atoms with Gasteiger partial charge in [-0.1, -0.05) is 37.5 Å². The van der Waals surface area contributed by atoms with E-state index in [9.17, 15) is 23.2 Å². The molecule has 1 saturated carbocycles. The van der Waals surface area contributed by atoms with E-state index in [1.54, 1.807) is 12.3 Å². The molecule has 3 aliphatic rings. The molecule has 2 aliphatic heterocycles. The highest BCUT2D eigenvalue weighted by molar-refractivity contribution is 6.06. The van der Waals surface area contributed by atoms with Crippen LogP contribution in [0.3, 0.4) is 0 Å². The Morgan fingerprint density at radius 1 is 0.964 bits per heavy atom. The van der Waals surface area contributed by atoms with Gasteiger partial charge >= 0.3 is 0 Å². The number of ether oxygens (including phenoxy) is 1. The lowest BCUT2D eigenvalue weighted by molar-refractivity contribution is -0.133. The van der Waals surface area contributed by atoms with E-state index in [0.717, 1.165) is 43.9 Å². The molecule has 0 bridgehead atoms. The maximum Gasteiger partial charge on any atom is 0.280 e. The summed E-state index contributed by atoms with van der Waals surface area (Å²) < 4.78 is 33.6. The first kappa shape index (κ1) is 40.7. The van der Waals surface area contributed by atoms with Gasteiger partial charge in [0, 0.05) is 49.1 Å². The predicted molar refractivity (Wildman–Crippen MR) is 212 cm³/mol. The number of amides is 3. The van der Waals surface area contributed by atoms with Crippen molar-refractivity contribution in [3.05, 3.63) is 83.4 Å². The first-order chi connectivity index (χ1) is 26.9. The van der Waals surface area contributed by atoms with Gasteiger partial charge in [-0.3, -0.25) is 24.6 Å². The fourth-order valence-electron chi connectivity index (χ4n) is 7.62. The van der Waals surface area contributed by atoms with Crippen LogP contribution < -0.4 is 20.7 Å².